The van der Waals surface area contributed by atoms with Gasteiger partial charge >= 0.3 is 0 Å². The van der Waals surface area contributed by atoms with Gasteiger partial charge in [0.25, 0.3) is 0 Å². The molecular weight excluding hydrogens is 354 g/mol. The van der Waals surface area contributed by atoms with Gasteiger partial charge in [-0.05, 0) is 117 Å². The number of carbonyl (C=O) groups is 1. The molecule has 2 nitrogen and oxygen atoms in total. The summed E-state index contributed by atoms with van der Waals surface area (Å²) in [6.45, 7) is 9.61. The number of carbonyl (C=O) groups excluding carboxylic acids is 1. The van der Waals surface area contributed by atoms with Crippen molar-refractivity contribution in [2.24, 2.45) is 46.3 Å². The molecule has 8 atom stereocenters. The molecule has 0 aromatic carbocycles. The summed E-state index contributed by atoms with van der Waals surface area (Å²) in [4.78, 5) is 15.8. The van der Waals surface area contributed by atoms with E-state index in [0.29, 0.717) is 22.7 Å². The zero-order valence-corrected chi connectivity index (χ0v) is 19.4. The first-order chi connectivity index (χ1) is 14.0. The molecule has 29 heavy (non-hydrogen) atoms. The molecule has 0 radical (unpaired) electrons. The van der Waals surface area contributed by atoms with Gasteiger partial charge in [-0.3, -0.25) is 4.79 Å². The van der Waals surface area contributed by atoms with Crippen LogP contribution >= 0.6 is 0 Å². The van der Waals surface area contributed by atoms with E-state index >= 15 is 0 Å². The van der Waals surface area contributed by atoms with E-state index in [1.807, 2.05) is 0 Å². The Morgan fingerprint density at radius 3 is 2.48 bits per heavy atom. The lowest BCUT2D eigenvalue weighted by molar-refractivity contribution is -0.150. The van der Waals surface area contributed by atoms with E-state index in [9.17, 15) is 4.79 Å². The van der Waals surface area contributed by atoms with E-state index in [1.54, 1.807) is 0 Å². The number of hydrogen-bond acceptors (Lipinski definition) is 1. The minimum Gasteiger partial charge on any atom is -0.342 e. The maximum Gasteiger partial charge on any atom is 0.226 e. The van der Waals surface area contributed by atoms with E-state index in [1.165, 1.54) is 83.5 Å². The predicted molar refractivity (Wildman–Crippen MR) is 119 cm³/mol. The van der Waals surface area contributed by atoms with Crippen LogP contribution in [0.4, 0.5) is 0 Å². The lowest BCUT2D eigenvalue weighted by Crippen LogP contribution is -2.55. The van der Waals surface area contributed by atoms with Crippen molar-refractivity contribution in [2.75, 3.05) is 13.1 Å². The summed E-state index contributed by atoms with van der Waals surface area (Å²) in [7, 11) is 0. The average Bonchev–Trinajstić information content (AvgIpc) is 3.10. The molecule has 5 rings (SSSR count). The van der Waals surface area contributed by atoms with Crippen LogP contribution in [-0.2, 0) is 4.79 Å². The van der Waals surface area contributed by atoms with Crippen molar-refractivity contribution in [3.8, 4) is 0 Å². The Bertz CT molecular complexity index is 624. The highest BCUT2D eigenvalue weighted by Gasteiger charge is 2.62. The van der Waals surface area contributed by atoms with Crippen molar-refractivity contribution in [2.45, 2.75) is 104 Å². The van der Waals surface area contributed by atoms with E-state index in [4.69, 9.17) is 0 Å². The van der Waals surface area contributed by atoms with Gasteiger partial charge < -0.3 is 4.90 Å². The molecule has 0 aromatic rings. The zero-order chi connectivity index (χ0) is 20.2. The van der Waals surface area contributed by atoms with Crippen molar-refractivity contribution in [3.63, 3.8) is 0 Å². The highest BCUT2D eigenvalue weighted by molar-refractivity contribution is 5.80. The Balaban J connectivity index is 1.38. The maximum absolute atomic E-state index is 13.5. The monoisotopic (exact) mass is 399 g/mol. The molecule has 0 aromatic heterocycles. The second-order valence-corrected chi connectivity index (χ2v) is 12.2. The Morgan fingerprint density at radius 2 is 1.72 bits per heavy atom. The van der Waals surface area contributed by atoms with Gasteiger partial charge in [0, 0.05) is 19.0 Å². The molecule has 0 spiro atoms. The number of rotatable bonds is 2. The van der Waals surface area contributed by atoms with Crippen LogP contribution < -0.4 is 0 Å². The predicted octanol–water partition coefficient (Wildman–Crippen LogP) is 6.68. The quantitative estimate of drug-likeness (QED) is 0.507. The van der Waals surface area contributed by atoms with E-state index in [2.05, 4.69) is 25.7 Å². The highest BCUT2D eigenvalue weighted by atomic mass is 16.2. The van der Waals surface area contributed by atoms with Crippen LogP contribution in [0.1, 0.15) is 104 Å². The van der Waals surface area contributed by atoms with Crippen LogP contribution in [0, 0.1) is 46.3 Å². The van der Waals surface area contributed by atoms with Crippen LogP contribution in [0.2, 0.25) is 0 Å². The number of fused-ring (bicyclic) bond motifs is 5. The summed E-state index contributed by atoms with van der Waals surface area (Å²) in [6.07, 6.45) is 17.8. The number of piperidine rings is 1. The molecule has 1 saturated heterocycles. The van der Waals surface area contributed by atoms with Gasteiger partial charge in [-0.15, -0.1) is 0 Å². The van der Waals surface area contributed by atoms with Crippen LogP contribution in [0.15, 0.2) is 0 Å². The Kier molecular flexibility index (Phi) is 5.31. The first-order valence-electron chi connectivity index (χ1n) is 13.3. The van der Waals surface area contributed by atoms with Gasteiger partial charge in [0.1, 0.15) is 0 Å². The maximum atomic E-state index is 13.5. The summed E-state index contributed by atoms with van der Waals surface area (Å²) in [5, 5.41) is 0. The largest absolute Gasteiger partial charge is 0.342 e. The number of amides is 1. The van der Waals surface area contributed by atoms with Gasteiger partial charge in [0.2, 0.25) is 5.91 Å². The third kappa shape index (κ3) is 3.05. The SMILES string of the molecule is CCC12CCC(C)CC1CCC1C3CCC(C(=O)N4CCCCC4)C3(C)CCC12. The van der Waals surface area contributed by atoms with Crippen molar-refractivity contribution >= 4 is 5.91 Å². The number of likely N-dealkylation sites (tertiary alicyclic amines) is 1. The summed E-state index contributed by atoms with van der Waals surface area (Å²) in [6, 6.07) is 0. The fraction of sp³-hybridized carbons (Fsp3) is 0.963. The van der Waals surface area contributed by atoms with Crippen LogP contribution in [0.5, 0.6) is 0 Å². The number of hydrogen-bond donors (Lipinski definition) is 0. The summed E-state index contributed by atoms with van der Waals surface area (Å²) >= 11 is 0. The molecule has 4 aliphatic carbocycles. The summed E-state index contributed by atoms with van der Waals surface area (Å²) in [5.41, 5.74) is 0.936. The second-order valence-electron chi connectivity index (χ2n) is 12.2. The Labute approximate surface area is 179 Å². The van der Waals surface area contributed by atoms with Gasteiger partial charge in [-0.1, -0.05) is 27.2 Å². The van der Waals surface area contributed by atoms with Crippen molar-refractivity contribution in [1.82, 2.24) is 4.90 Å². The third-order valence-electron chi connectivity index (χ3n) is 11.3. The fourth-order valence-electron chi connectivity index (χ4n) is 9.72. The Morgan fingerprint density at radius 1 is 0.931 bits per heavy atom. The van der Waals surface area contributed by atoms with Crippen molar-refractivity contribution < 1.29 is 4.79 Å². The first kappa shape index (κ1) is 20.4. The molecule has 8 unspecified atom stereocenters. The molecule has 0 N–H and O–H groups in total. The third-order valence-corrected chi connectivity index (χ3v) is 11.3. The van der Waals surface area contributed by atoms with E-state index < -0.39 is 0 Å². The molecule has 0 bridgehead atoms. The first-order valence-corrected chi connectivity index (χ1v) is 13.3. The molecule has 1 amide bonds. The van der Waals surface area contributed by atoms with Gasteiger partial charge in [-0.25, -0.2) is 0 Å². The smallest absolute Gasteiger partial charge is 0.226 e. The molecule has 5 fully saturated rings. The second kappa shape index (κ2) is 7.56. The van der Waals surface area contributed by atoms with Crippen molar-refractivity contribution in [1.29, 1.82) is 0 Å². The average molecular weight is 400 g/mol. The molecule has 2 heteroatoms. The molecule has 5 aliphatic rings. The molecule has 1 heterocycles. The summed E-state index contributed by atoms with van der Waals surface area (Å²) < 4.78 is 0. The van der Waals surface area contributed by atoms with E-state index in [-0.39, 0.29) is 0 Å². The standard InChI is InChI=1S/C27H45NO/c1-4-27-15-12-19(2)18-20(27)8-9-21-22-10-11-24(26(22,3)14-13-23(21)27)25(29)28-16-6-5-7-17-28/h19-24H,4-18H2,1-3H3. The molecular formula is C27H45NO. The fourth-order valence-corrected chi connectivity index (χ4v) is 9.72. The van der Waals surface area contributed by atoms with Gasteiger partial charge in [0.15, 0.2) is 0 Å². The Hall–Kier alpha value is -0.530. The molecule has 4 saturated carbocycles. The van der Waals surface area contributed by atoms with E-state index in [0.717, 1.165) is 42.7 Å². The highest BCUT2D eigenvalue weighted by Crippen LogP contribution is 2.68. The van der Waals surface area contributed by atoms with Crippen molar-refractivity contribution in [3.05, 3.63) is 0 Å². The lowest BCUT2D eigenvalue weighted by atomic mass is 9.43. The summed E-state index contributed by atoms with van der Waals surface area (Å²) in [5.74, 6) is 5.51. The lowest BCUT2D eigenvalue weighted by Gasteiger charge is -2.62. The van der Waals surface area contributed by atoms with Crippen LogP contribution in [-0.4, -0.2) is 23.9 Å². The van der Waals surface area contributed by atoms with Crippen LogP contribution in [0.3, 0.4) is 0 Å². The van der Waals surface area contributed by atoms with Gasteiger partial charge in [-0.2, -0.15) is 0 Å². The van der Waals surface area contributed by atoms with Gasteiger partial charge in [0.05, 0.1) is 0 Å². The zero-order valence-electron chi connectivity index (χ0n) is 19.4. The minimum atomic E-state index is 0.291. The number of nitrogens with zero attached hydrogens (tertiary/aromatic N) is 1. The minimum absolute atomic E-state index is 0.291. The van der Waals surface area contributed by atoms with Crippen LogP contribution in [0.25, 0.3) is 0 Å². The molecule has 1 aliphatic heterocycles. The normalized spacial score (nSPS) is 49.8. The topological polar surface area (TPSA) is 20.3 Å². The molecule has 164 valence electrons.